The van der Waals surface area contributed by atoms with Gasteiger partial charge >= 0.3 is 5.69 Å². The zero-order valence-corrected chi connectivity index (χ0v) is 9.48. The van der Waals surface area contributed by atoms with E-state index in [1.54, 1.807) is 10.6 Å². The second-order valence-corrected chi connectivity index (χ2v) is 4.05. The predicted octanol–water partition coefficient (Wildman–Crippen LogP) is 2.61. The minimum Gasteiger partial charge on any atom is -0.305 e. The maximum Gasteiger partial charge on any atom is 0.326 e. The van der Waals surface area contributed by atoms with Crippen LogP contribution in [-0.2, 0) is 6.54 Å². The first kappa shape index (κ1) is 10.6. The van der Waals surface area contributed by atoms with Gasteiger partial charge in [-0.3, -0.25) is 4.57 Å². The summed E-state index contributed by atoms with van der Waals surface area (Å²) in [5.41, 5.74) is 1.39. The Hall–Kier alpha value is -0.930. The molecular formula is C10H10Cl2N2O. The van der Waals surface area contributed by atoms with E-state index in [4.69, 9.17) is 23.2 Å². The predicted molar refractivity (Wildman–Crippen MR) is 62.9 cm³/mol. The number of hydrogen-bond donors (Lipinski definition) is 1. The lowest BCUT2D eigenvalue weighted by atomic mass is 10.3. The van der Waals surface area contributed by atoms with Crippen molar-refractivity contribution in [1.82, 2.24) is 9.55 Å². The topological polar surface area (TPSA) is 37.8 Å². The number of benzene rings is 1. The number of aromatic nitrogens is 2. The maximum absolute atomic E-state index is 11.6. The Kier molecular flexibility index (Phi) is 3.03. The van der Waals surface area contributed by atoms with Gasteiger partial charge in [0.05, 0.1) is 16.1 Å². The Labute approximate surface area is 96.6 Å². The number of nitrogens with one attached hydrogen (secondary N) is 1. The molecular weight excluding hydrogens is 235 g/mol. The van der Waals surface area contributed by atoms with Crippen molar-refractivity contribution in [3.8, 4) is 0 Å². The number of hydrogen-bond acceptors (Lipinski definition) is 1. The van der Waals surface area contributed by atoms with Gasteiger partial charge in [0, 0.05) is 12.4 Å². The number of rotatable bonds is 3. The van der Waals surface area contributed by atoms with Crippen LogP contribution >= 0.6 is 23.2 Å². The van der Waals surface area contributed by atoms with Gasteiger partial charge in [0.2, 0.25) is 0 Å². The number of halogens is 2. The van der Waals surface area contributed by atoms with Gasteiger partial charge in [0.15, 0.2) is 0 Å². The van der Waals surface area contributed by atoms with E-state index in [1.165, 1.54) is 0 Å². The van der Waals surface area contributed by atoms with Gasteiger partial charge in [-0.2, -0.15) is 0 Å². The molecule has 80 valence electrons. The number of imidazole rings is 1. The van der Waals surface area contributed by atoms with Crippen molar-refractivity contribution >= 4 is 34.2 Å². The summed E-state index contributed by atoms with van der Waals surface area (Å²) >= 11 is 11.6. The molecule has 0 atom stereocenters. The van der Waals surface area contributed by atoms with Gasteiger partial charge in [-0.05, 0) is 18.6 Å². The highest BCUT2D eigenvalue weighted by Gasteiger charge is 2.08. The van der Waals surface area contributed by atoms with Crippen LogP contribution in [0.2, 0.25) is 5.02 Å². The molecule has 0 aliphatic heterocycles. The molecule has 1 aromatic heterocycles. The number of aromatic amines is 1. The summed E-state index contributed by atoms with van der Waals surface area (Å²) in [6.45, 7) is 0.589. The fraction of sp³-hybridized carbons (Fsp3) is 0.300. The van der Waals surface area contributed by atoms with Gasteiger partial charge < -0.3 is 4.98 Å². The van der Waals surface area contributed by atoms with Crippen molar-refractivity contribution in [2.24, 2.45) is 0 Å². The monoisotopic (exact) mass is 244 g/mol. The number of aryl methyl sites for hydroxylation is 1. The zero-order valence-electron chi connectivity index (χ0n) is 7.96. The molecule has 2 rings (SSSR count). The van der Waals surface area contributed by atoms with E-state index in [0.717, 1.165) is 17.5 Å². The lowest BCUT2D eigenvalue weighted by Gasteiger charge is -2.02. The molecule has 0 saturated carbocycles. The van der Waals surface area contributed by atoms with E-state index >= 15 is 0 Å². The van der Waals surface area contributed by atoms with Crippen molar-refractivity contribution in [2.75, 3.05) is 5.88 Å². The number of para-hydroxylation sites is 1. The molecule has 1 N–H and O–H groups in total. The van der Waals surface area contributed by atoms with Crippen LogP contribution in [0.25, 0.3) is 11.0 Å². The van der Waals surface area contributed by atoms with E-state index in [9.17, 15) is 4.79 Å². The molecule has 5 heteroatoms. The van der Waals surface area contributed by atoms with Crippen LogP contribution < -0.4 is 5.69 Å². The Bertz CT molecular complexity index is 530. The van der Waals surface area contributed by atoms with Gasteiger partial charge in [-0.25, -0.2) is 4.79 Å². The minimum absolute atomic E-state index is 0.136. The summed E-state index contributed by atoms with van der Waals surface area (Å²) < 4.78 is 1.63. The van der Waals surface area contributed by atoms with Gasteiger partial charge in [-0.1, -0.05) is 17.7 Å². The molecule has 3 nitrogen and oxygen atoms in total. The minimum atomic E-state index is -0.136. The van der Waals surface area contributed by atoms with Gasteiger partial charge in [0.25, 0.3) is 0 Å². The van der Waals surface area contributed by atoms with Crippen LogP contribution in [0.5, 0.6) is 0 Å². The molecule has 1 heterocycles. The Balaban J connectivity index is 2.61. The molecule has 0 saturated heterocycles. The number of H-pyrrole nitrogens is 1. The second kappa shape index (κ2) is 4.29. The van der Waals surface area contributed by atoms with Crippen LogP contribution in [0.3, 0.4) is 0 Å². The summed E-state index contributed by atoms with van der Waals surface area (Å²) in [5, 5.41) is 0.584. The van der Waals surface area contributed by atoms with E-state index in [1.807, 2.05) is 12.1 Å². The normalized spacial score (nSPS) is 11.1. The summed E-state index contributed by atoms with van der Waals surface area (Å²) in [5.74, 6) is 0.531. The van der Waals surface area contributed by atoms with Crippen molar-refractivity contribution in [3.63, 3.8) is 0 Å². The molecule has 0 aliphatic carbocycles. The van der Waals surface area contributed by atoms with E-state index in [-0.39, 0.29) is 5.69 Å². The molecule has 0 amide bonds. The van der Waals surface area contributed by atoms with Crippen LogP contribution in [0, 0.1) is 0 Å². The first-order valence-electron chi connectivity index (χ1n) is 4.67. The average molecular weight is 245 g/mol. The summed E-state index contributed by atoms with van der Waals surface area (Å²) in [4.78, 5) is 14.4. The standard InChI is InChI=1S/C10H10Cl2N2O/c11-5-2-6-14-9-7(12)3-1-4-8(9)13-10(14)15/h1,3-4H,2,5-6H2,(H,13,15). The molecule has 1 aromatic carbocycles. The molecule has 0 spiro atoms. The molecule has 0 aliphatic rings. The van der Waals surface area contributed by atoms with Crippen LogP contribution in [-0.4, -0.2) is 15.4 Å². The number of alkyl halides is 1. The third-order valence-electron chi connectivity index (χ3n) is 2.26. The van der Waals surface area contributed by atoms with E-state index < -0.39 is 0 Å². The van der Waals surface area contributed by atoms with Crippen molar-refractivity contribution in [1.29, 1.82) is 0 Å². The first-order valence-corrected chi connectivity index (χ1v) is 5.58. The first-order chi connectivity index (χ1) is 7.24. The smallest absolute Gasteiger partial charge is 0.305 e. The van der Waals surface area contributed by atoms with Crippen LogP contribution in [0.4, 0.5) is 0 Å². The Morgan fingerprint density at radius 3 is 2.93 bits per heavy atom. The van der Waals surface area contributed by atoms with Crippen molar-refractivity contribution < 1.29 is 0 Å². The third kappa shape index (κ3) is 1.90. The zero-order chi connectivity index (χ0) is 10.8. The maximum atomic E-state index is 11.6. The highest BCUT2D eigenvalue weighted by atomic mass is 35.5. The fourth-order valence-corrected chi connectivity index (χ4v) is 2.00. The average Bonchev–Trinajstić information content (AvgIpc) is 2.53. The number of nitrogens with zero attached hydrogens (tertiary/aromatic N) is 1. The van der Waals surface area contributed by atoms with E-state index in [2.05, 4.69) is 4.98 Å². The highest BCUT2D eigenvalue weighted by molar-refractivity contribution is 6.34. The summed E-state index contributed by atoms with van der Waals surface area (Å²) in [6, 6.07) is 5.42. The van der Waals surface area contributed by atoms with Crippen molar-refractivity contribution in [2.45, 2.75) is 13.0 Å². The summed E-state index contributed by atoms with van der Waals surface area (Å²) in [6.07, 6.45) is 0.750. The Morgan fingerprint density at radius 1 is 1.40 bits per heavy atom. The van der Waals surface area contributed by atoms with Gasteiger partial charge in [0.1, 0.15) is 0 Å². The lowest BCUT2D eigenvalue weighted by molar-refractivity contribution is 0.678. The third-order valence-corrected chi connectivity index (χ3v) is 2.83. The van der Waals surface area contributed by atoms with Crippen LogP contribution in [0.1, 0.15) is 6.42 Å². The summed E-state index contributed by atoms with van der Waals surface area (Å²) in [7, 11) is 0. The molecule has 0 radical (unpaired) electrons. The Morgan fingerprint density at radius 2 is 2.20 bits per heavy atom. The lowest BCUT2D eigenvalue weighted by Crippen LogP contribution is -2.17. The molecule has 2 aromatic rings. The van der Waals surface area contributed by atoms with Crippen LogP contribution in [0.15, 0.2) is 23.0 Å². The van der Waals surface area contributed by atoms with E-state index in [0.29, 0.717) is 17.4 Å². The second-order valence-electron chi connectivity index (χ2n) is 3.26. The molecule has 0 fully saturated rings. The fourth-order valence-electron chi connectivity index (χ4n) is 1.61. The number of fused-ring (bicyclic) bond motifs is 1. The highest BCUT2D eigenvalue weighted by Crippen LogP contribution is 2.20. The molecule has 15 heavy (non-hydrogen) atoms. The largest absolute Gasteiger partial charge is 0.326 e. The SMILES string of the molecule is O=c1[nH]c2cccc(Cl)c2n1CCCCl. The van der Waals surface area contributed by atoms with Gasteiger partial charge in [-0.15, -0.1) is 11.6 Å². The quantitative estimate of drug-likeness (QED) is 0.829. The molecule has 0 bridgehead atoms. The molecule has 0 unspecified atom stereocenters. The van der Waals surface area contributed by atoms with Crippen molar-refractivity contribution in [3.05, 3.63) is 33.7 Å².